The molecule has 0 saturated carbocycles. The molecule has 10 aromatic rings. The van der Waals surface area contributed by atoms with Gasteiger partial charge in [-0.25, -0.2) is 0 Å². The van der Waals surface area contributed by atoms with Crippen LogP contribution in [0.4, 0.5) is 0 Å². The zero-order valence-electron chi connectivity index (χ0n) is 31.8. The Kier molecular flexibility index (Phi) is 7.73. The largest absolute Gasteiger partial charge is 0.309 e. The summed E-state index contributed by atoms with van der Waals surface area (Å²) in [6, 6.07) is 56.2. The smallest absolute Gasteiger partial charge is 0.0991 e. The molecule has 0 bridgehead atoms. The zero-order chi connectivity index (χ0) is 38.1. The van der Waals surface area contributed by atoms with Crippen LogP contribution < -0.4 is 0 Å². The fourth-order valence-corrected chi connectivity index (χ4v) is 9.08. The minimum Gasteiger partial charge on any atom is -0.309 e. The number of para-hydroxylation sites is 3. The lowest BCUT2D eigenvalue weighted by Gasteiger charge is -2.20. The summed E-state index contributed by atoms with van der Waals surface area (Å²) in [5.41, 5.74) is 19.2. The van der Waals surface area contributed by atoms with Gasteiger partial charge in [0.05, 0.1) is 39.4 Å². The molecule has 0 N–H and O–H groups in total. The number of aromatic nitrogens is 3. The van der Waals surface area contributed by atoms with Crippen LogP contribution >= 0.6 is 0 Å². The van der Waals surface area contributed by atoms with Gasteiger partial charge in [-0.1, -0.05) is 97.1 Å². The van der Waals surface area contributed by atoms with E-state index in [-0.39, 0.29) is 0 Å². The molecule has 3 heterocycles. The summed E-state index contributed by atoms with van der Waals surface area (Å²) in [7, 11) is 0. The summed E-state index contributed by atoms with van der Waals surface area (Å²) in [4.78, 5) is 5.04. The molecule has 7 aromatic carbocycles. The maximum Gasteiger partial charge on any atom is 0.0991 e. The number of hydrogen-bond donors (Lipinski definition) is 0. The zero-order valence-corrected chi connectivity index (χ0v) is 31.8. The third-order valence-electron chi connectivity index (χ3n) is 11.8. The summed E-state index contributed by atoms with van der Waals surface area (Å²) >= 11 is 0. The molecule has 56 heavy (non-hydrogen) atoms. The molecule has 4 nitrogen and oxygen atoms in total. The second kappa shape index (κ2) is 13.0. The van der Waals surface area contributed by atoms with Crippen LogP contribution in [0.5, 0.6) is 0 Å². The van der Waals surface area contributed by atoms with Gasteiger partial charge in [-0.3, -0.25) is 4.98 Å². The minimum atomic E-state index is 0.664. The first-order chi connectivity index (χ1) is 27.4. The number of hydrogen-bond acceptors (Lipinski definition) is 2. The van der Waals surface area contributed by atoms with E-state index in [9.17, 15) is 5.26 Å². The van der Waals surface area contributed by atoms with Crippen molar-refractivity contribution in [2.24, 2.45) is 0 Å². The first-order valence-corrected chi connectivity index (χ1v) is 19.1. The monoisotopic (exact) mass is 718 g/mol. The van der Waals surface area contributed by atoms with Gasteiger partial charge in [-0.15, -0.1) is 0 Å². The van der Waals surface area contributed by atoms with Crippen molar-refractivity contribution in [3.05, 3.63) is 186 Å². The normalized spacial score (nSPS) is 11.6. The van der Waals surface area contributed by atoms with E-state index >= 15 is 0 Å². The van der Waals surface area contributed by atoms with Crippen LogP contribution in [0, 0.1) is 39.0 Å². The van der Waals surface area contributed by atoms with E-state index in [2.05, 4.69) is 182 Å². The third kappa shape index (κ3) is 4.95. The fourth-order valence-electron chi connectivity index (χ4n) is 9.08. The first-order valence-electron chi connectivity index (χ1n) is 19.1. The number of pyridine rings is 1. The lowest BCUT2D eigenvalue weighted by atomic mass is 9.89. The Hall–Kier alpha value is -7.22. The molecule has 266 valence electrons. The molecule has 0 atom stereocenters. The average molecular weight is 719 g/mol. The Morgan fingerprint density at radius 3 is 1.41 bits per heavy atom. The highest BCUT2D eigenvalue weighted by molar-refractivity contribution is 6.10. The summed E-state index contributed by atoms with van der Waals surface area (Å²) < 4.78 is 4.75. The van der Waals surface area contributed by atoms with Crippen LogP contribution in [0.3, 0.4) is 0 Å². The Balaban J connectivity index is 1.10. The Bertz CT molecular complexity index is 3210. The molecule has 4 heteroatoms. The molecule has 0 unspecified atom stereocenters. The van der Waals surface area contributed by atoms with Gasteiger partial charge in [0.1, 0.15) is 0 Å². The molecule has 10 rings (SSSR count). The predicted octanol–water partition coefficient (Wildman–Crippen LogP) is 13.4. The van der Waals surface area contributed by atoms with Gasteiger partial charge in [0.15, 0.2) is 0 Å². The highest BCUT2D eigenvalue weighted by atomic mass is 15.0. The van der Waals surface area contributed by atoms with E-state index in [0.29, 0.717) is 5.56 Å². The van der Waals surface area contributed by atoms with E-state index < -0.39 is 0 Å². The van der Waals surface area contributed by atoms with Crippen LogP contribution in [-0.4, -0.2) is 14.1 Å². The lowest BCUT2D eigenvalue weighted by Crippen LogP contribution is -2.01. The Morgan fingerprint density at radius 1 is 0.411 bits per heavy atom. The van der Waals surface area contributed by atoms with Gasteiger partial charge in [0, 0.05) is 44.7 Å². The lowest BCUT2D eigenvalue weighted by molar-refractivity contribution is 1.15. The van der Waals surface area contributed by atoms with E-state index in [0.717, 1.165) is 44.3 Å². The number of nitriles is 1. The third-order valence-corrected chi connectivity index (χ3v) is 11.8. The summed E-state index contributed by atoms with van der Waals surface area (Å²) in [6.07, 6.45) is 1.96. The second-order valence-corrected chi connectivity index (χ2v) is 14.8. The summed E-state index contributed by atoms with van der Waals surface area (Å²) in [5, 5.41) is 14.4. The molecule has 0 aliphatic carbocycles. The molecule has 0 fully saturated rings. The molecular weight excluding hydrogens is 681 g/mol. The molecular formula is C52H38N4. The maximum absolute atomic E-state index is 9.68. The van der Waals surface area contributed by atoms with Crippen LogP contribution in [0.1, 0.15) is 27.8 Å². The van der Waals surface area contributed by atoms with E-state index in [1.54, 1.807) is 0 Å². The summed E-state index contributed by atoms with van der Waals surface area (Å²) in [5.74, 6) is 0. The SMILES string of the molecule is Cc1c(-c2cccc(-n3c4ccccc4c4cc(C#N)ccc43)c2C)cccc1-c1nccc(-c2cccc(-n3c4ccccc4c4ccccc43)c2C)c1C. The topological polar surface area (TPSA) is 46.5 Å². The highest BCUT2D eigenvalue weighted by Crippen LogP contribution is 2.41. The minimum absolute atomic E-state index is 0.664. The number of nitrogens with zero attached hydrogens (tertiary/aromatic N) is 4. The molecule has 0 amide bonds. The van der Waals surface area contributed by atoms with Crippen molar-refractivity contribution < 1.29 is 0 Å². The van der Waals surface area contributed by atoms with Gasteiger partial charge in [-0.2, -0.15) is 5.26 Å². The van der Waals surface area contributed by atoms with Gasteiger partial charge >= 0.3 is 0 Å². The average Bonchev–Trinajstić information content (AvgIpc) is 3.74. The van der Waals surface area contributed by atoms with Crippen LogP contribution in [0.25, 0.3) is 88.5 Å². The fraction of sp³-hybridized carbons (Fsp3) is 0.0769. The summed E-state index contributed by atoms with van der Waals surface area (Å²) in [6.45, 7) is 8.90. The van der Waals surface area contributed by atoms with Gasteiger partial charge in [0.25, 0.3) is 0 Å². The molecule has 0 saturated heterocycles. The Labute approximate surface area is 326 Å². The van der Waals surface area contributed by atoms with E-state index in [1.807, 2.05) is 18.3 Å². The van der Waals surface area contributed by atoms with Crippen molar-refractivity contribution in [1.82, 2.24) is 14.1 Å². The van der Waals surface area contributed by atoms with Crippen molar-refractivity contribution in [2.75, 3.05) is 0 Å². The first kappa shape index (κ1) is 33.4. The van der Waals surface area contributed by atoms with Crippen molar-refractivity contribution >= 4 is 43.6 Å². The van der Waals surface area contributed by atoms with Crippen molar-refractivity contribution in [2.45, 2.75) is 27.7 Å². The van der Waals surface area contributed by atoms with Gasteiger partial charge in [0.2, 0.25) is 0 Å². The van der Waals surface area contributed by atoms with Gasteiger partial charge < -0.3 is 9.13 Å². The van der Waals surface area contributed by atoms with Crippen molar-refractivity contribution in [3.63, 3.8) is 0 Å². The Morgan fingerprint density at radius 2 is 0.857 bits per heavy atom. The van der Waals surface area contributed by atoms with E-state index in [1.165, 1.54) is 66.4 Å². The number of fused-ring (bicyclic) bond motifs is 6. The number of benzene rings is 7. The second-order valence-electron chi connectivity index (χ2n) is 14.8. The molecule has 0 aliphatic heterocycles. The van der Waals surface area contributed by atoms with Crippen LogP contribution in [0.15, 0.2) is 158 Å². The molecule has 0 spiro atoms. The molecule has 0 radical (unpaired) electrons. The van der Waals surface area contributed by atoms with Gasteiger partial charge in [-0.05, 0) is 127 Å². The molecule has 3 aromatic heterocycles. The van der Waals surface area contributed by atoms with Crippen molar-refractivity contribution in [3.8, 4) is 51.0 Å². The van der Waals surface area contributed by atoms with Crippen LogP contribution in [0.2, 0.25) is 0 Å². The maximum atomic E-state index is 9.68. The van der Waals surface area contributed by atoms with Crippen molar-refractivity contribution in [1.29, 1.82) is 5.26 Å². The number of rotatable bonds is 5. The quantitative estimate of drug-likeness (QED) is 0.178. The molecule has 0 aliphatic rings. The standard InChI is InChI=1S/C52H38N4/c1-32-37(38-18-12-25-47(33(38)2)56-50-23-10-7-16-44(50)45-30-36(31-53)26-27-51(45)56)17-11-20-41(32)52-35(4)40(28-29-54-52)39-19-13-24-46(34(39)3)55-48-21-8-5-14-42(48)43-15-6-9-22-49(43)55/h5-30H,1-4H3. The highest BCUT2D eigenvalue weighted by Gasteiger charge is 2.20. The predicted molar refractivity (Wildman–Crippen MR) is 233 cm³/mol. The van der Waals surface area contributed by atoms with Crippen LogP contribution in [-0.2, 0) is 0 Å². The van der Waals surface area contributed by atoms with E-state index in [4.69, 9.17) is 4.98 Å².